The van der Waals surface area contributed by atoms with Gasteiger partial charge in [-0.25, -0.2) is 4.68 Å². The highest BCUT2D eigenvalue weighted by Crippen LogP contribution is 2.39. The fourth-order valence-corrected chi connectivity index (χ4v) is 3.73. The number of benzene rings is 2. The van der Waals surface area contributed by atoms with Crippen molar-refractivity contribution < 1.29 is 18.3 Å². The number of nitrogens with one attached hydrogen (secondary N) is 2. The number of nitrogens with zero attached hydrogens (tertiary/aromatic N) is 3. The van der Waals surface area contributed by atoms with Crippen LogP contribution in [0.2, 0.25) is 0 Å². The van der Waals surface area contributed by atoms with Gasteiger partial charge in [0.2, 0.25) is 5.95 Å². The number of carbonyl (C=O) groups excluding carboxylic acids is 1. The molecule has 2 heterocycles. The summed E-state index contributed by atoms with van der Waals surface area (Å²) >= 11 is 0. The highest BCUT2D eigenvalue weighted by molar-refractivity contribution is 6.06. The summed E-state index contributed by atoms with van der Waals surface area (Å²) in [7, 11) is 0. The van der Waals surface area contributed by atoms with Crippen LogP contribution in [-0.2, 0) is 4.79 Å². The lowest BCUT2D eigenvalue weighted by Gasteiger charge is -2.29. The molecule has 0 spiro atoms. The van der Waals surface area contributed by atoms with Crippen LogP contribution < -0.4 is 15.4 Å². The first-order valence-electron chi connectivity index (χ1n) is 9.64. The number of rotatable bonds is 5. The molecule has 0 aliphatic carbocycles. The van der Waals surface area contributed by atoms with E-state index in [1.165, 1.54) is 17.1 Å². The van der Waals surface area contributed by atoms with Gasteiger partial charge >= 0.3 is 6.61 Å². The zero-order chi connectivity index (χ0) is 22.1. The van der Waals surface area contributed by atoms with Crippen LogP contribution >= 0.6 is 0 Å². The Morgan fingerprint density at radius 2 is 1.97 bits per heavy atom. The number of hydrogen-bond donors (Lipinski definition) is 2. The van der Waals surface area contributed by atoms with Crippen molar-refractivity contribution in [3.8, 4) is 5.75 Å². The minimum absolute atomic E-state index is 0.0320. The Kier molecular flexibility index (Phi) is 5.41. The quantitative estimate of drug-likeness (QED) is 0.632. The van der Waals surface area contributed by atoms with Crippen LogP contribution in [0.4, 0.5) is 20.4 Å². The van der Waals surface area contributed by atoms with Crippen LogP contribution in [0.25, 0.3) is 0 Å². The second kappa shape index (κ2) is 8.17. The first kappa shape index (κ1) is 20.5. The van der Waals surface area contributed by atoms with Crippen LogP contribution in [0.15, 0.2) is 60.1 Å². The standard InChI is InChI=1S/C22H21F2N5O2/c1-12-8-9-16(13(2)10-12)28-20(30)18-14(3)27-22-25-11-26-29(22)19(18)15-6-4-5-7-17(15)31-21(23)24/h4-11,19,21H,1-3H3,(H,28,30)(H,25,26,27). The summed E-state index contributed by atoms with van der Waals surface area (Å²) in [5.74, 6) is -0.0113. The minimum atomic E-state index is -3.00. The van der Waals surface area contributed by atoms with Gasteiger partial charge in [-0.05, 0) is 38.5 Å². The van der Waals surface area contributed by atoms with Crippen molar-refractivity contribution in [1.82, 2.24) is 14.8 Å². The van der Waals surface area contributed by atoms with E-state index < -0.39 is 12.7 Å². The lowest BCUT2D eigenvalue weighted by molar-refractivity contribution is -0.113. The highest BCUT2D eigenvalue weighted by Gasteiger charge is 2.35. The number of para-hydroxylation sites is 1. The van der Waals surface area contributed by atoms with E-state index in [9.17, 15) is 13.6 Å². The van der Waals surface area contributed by atoms with Crippen LogP contribution in [0.3, 0.4) is 0 Å². The van der Waals surface area contributed by atoms with Gasteiger partial charge in [0.05, 0.1) is 5.57 Å². The SMILES string of the molecule is CC1=C(C(=O)Nc2ccc(C)cc2C)C(c2ccccc2OC(F)F)n2ncnc2N1. The van der Waals surface area contributed by atoms with Gasteiger partial charge in [-0.3, -0.25) is 4.79 Å². The number of anilines is 2. The van der Waals surface area contributed by atoms with Crippen molar-refractivity contribution in [1.29, 1.82) is 0 Å². The maximum absolute atomic E-state index is 13.4. The Balaban J connectivity index is 1.79. The second-order valence-electron chi connectivity index (χ2n) is 7.28. The molecule has 7 nitrogen and oxygen atoms in total. The molecule has 0 fully saturated rings. The molecule has 1 atom stereocenters. The minimum Gasteiger partial charge on any atom is -0.434 e. The number of allylic oxidation sites excluding steroid dienone is 1. The first-order chi connectivity index (χ1) is 14.8. The predicted molar refractivity (Wildman–Crippen MR) is 112 cm³/mol. The number of hydrogen-bond acceptors (Lipinski definition) is 5. The summed E-state index contributed by atoms with van der Waals surface area (Å²) in [6.07, 6.45) is 1.34. The number of ether oxygens (including phenoxy) is 1. The third-order valence-corrected chi connectivity index (χ3v) is 5.10. The third-order valence-electron chi connectivity index (χ3n) is 5.10. The van der Waals surface area contributed by atoms with Gasteiger partial charge in [0.15, 0.2) is 0 Å². The molecule has 1 aliphatic heterocycles. The summed E-state index contributed by atoms with van der Waals surface area (Å²) < 4.78 is 32.3. The fraction of sp³-hybridized carbons (Fsp3) is 0.227. The molecule has 0 saturated heterocycles. The summed E-state index contributed by atoms with van der Waals surface area (Å²) in [4.78, 5) is 17.6. The van der Waals surface area contributed by atoms with Gasteiger partial charge in [-0.2, -0.15) is 18.9 Å². The Labute approximate surface area is 177 Å². The molecule has 0 saturated carbocycles. The monoisotopic (exact) mass is 425 g/mol. The van der Waals surface area contributed by atoms with Crippen LogP contribution in [-0.4, -0.2) is 27.3 Å². The van der Waals surface area contributed by atoms with Gasteiger partial charge in [0.1, 0.15) is 18.1 Å². The van der Waals surface area contributed by atoms with E-state index in [-0.39, 0.29) is 11.7 Å². The van der Waals surface area contributed by atoms with E-state index in [1.807, 2.05) is 32.0 Å². The molecule has 160 valence electrons. The second-order valence-corrected chi connectivity index (χ2v) is 7.28. The van der Waals surface area contributed by atoms with E-state index in [0.29, 0.717) is 28.5 Å². The van der Waals surface area contributed by atoms with Gasteiger partial charge in [0.25, 0.3) is 5.91 Å². The predicted octanol–water partition coefficient (Wildman–Crippen LogP) is 4.42. The number of carbonyl (C=O) groups is 1. The molecule has 3 aromatic rings. The Bertz CT molecular complexity index is 1170. The lowest BCUT2D eigenvalue weighted by atomic mass is 9.94. The summed E-state index contributed by atoms with van der Waals surface area (Å²) in [5, 5.41) is 10.2. The molecule has 31 heavy (non-hydrogen) atoms. The maximum Gasteiger partial charge on any atom is 0.387 e. The number of fused-ring (bicyclic) bond motifs is 1. The topological polar surface area (TPSA) is 81.1 Å². The lowest BCUT2D eigenvalue weighted by Crippen LogP contribution is -2.32. The Morgan fingerprint density at radius 1 is 1.19 bits per heavy atom. The van der Waals surface area contributed by atoms with Crippen molar-refractivity contribution in [2.45, 2.75) is 33.4 Å². The van der Waals surface area contributed by atoms with E-state index >= 15 is 0 Å². The fourth-order valence-electron chi connectivity index (χ4n) is 3.73. The normalized spacial score (nSPS) is 15.5. The molecule has 2 aromatic carbocycles. The summed E-state index contributed by atoms with van der Waals surface area (Å²) in [6.45, 7) is 2.61. The van der Waals surface area contributed by atoms with Crippen molar-refractivity contribution >= 4 is 17.5 Å². The summed E-state index contributed by atoms with van der Waals surface area (Å²) in [5.41, 5.74) is 3.89. The van der Waals surface area contributed by atoms with Crippen LogP contribution in [0.1, 0.15) is 29.7 Å². The molecule has 4 rings (SSSR count). The van der Waals surface area contributed by atoms with E-state index in [0.717, 1.165) is 11.1 Å². The van der Waals surface area contributed by atoms with Crippen molar-refractivity contribution in [2.75, 3.05) is 10.6 Å². The number of halogens is 2. The zero-order valence-corrected chi connectivity index (χ0v) is 17.2. The van der Waals surface area contributed by atoms with Crippen molar-refractivity contribution in [3.63, 3.8) is 0 Å². The molecule has 0 radical (unpaired) electrons. The van der Waals surface area contributed by atoms with Gasteiger partial charge in [0, 0.05) is 16.9 Å². The van der Waals surface area contributed by atoms with Crippen molar-refractivity contribution in [3.05, 3.63) is 76.8 Å². The van der Waals surface area contributed by atoms with E-state index in [4.69, 9.17) is 4.74 Å². The van der Waals surface area contributed by atoms with Crippen LogP contribution in [0, 0.1) is 13.8 Å². The van der Waals surface area contributed by atoms with E-state index in [1.54, 1.807) is 25.1 Å². The molecular weight excluding hydrogens is 404 g/mol. The van der Waals surface area contributed by atoms with Crippen molar-refractivity contribution in [2.24, 2.45) is 0 Å². The number of aromatic nitrogens is 3. The Morgan fingerprint density at radius 3 is 2.71 bits per heavy atom. The molecule has 2 N–H and O–H groups in total. The molecule has 1 amide bonds. The van der Waals surface area contributed by atoms with E-state index in [2.05, 4.69) is 20.7 Å². The number of aryl methyl sites for hydroxylation is 2. The molecular formula is C22H21F2N5O2. The number of alkyl halides is 2. The smallest absolute Gasteiger partial charge is 0.387 e. The molecule has 0 bridgehead atoms. The largest absolute Gasteiger partial charge is 0.434 e. The first-order valence-corrected chi connectivity index (χ1v) is 9.64. The molecule has 1 aromatic heterocycles. The van der Waals surface area contributed by atoms with Gasteiger partial charge < -0.3 is 15.4 Å². The highest BCUT2D eigenvalue weighted by atomic mass is 19.3. The third kappa shape index (κ3) is 3.98. The molecule has 1 aliphatic rings. The maximum atomic E-state index is 13.4. The summed E-state index contributed by atoms with van der Waals surface area (Å²) in [6, 6.07) is 11.3. The Hall–Kier alpha value is -3.75. The van der Waals surface area contributed by atoms with Crippen LogP contribution in [0.5, 0.6) is 5.75 Å². The number of amides is 1. The van der Waals surface area contributed by atoms with Gasteiger partial charge in [-0.15, -0.1) is 0 Å². The van der Waals surface area contributed by atoms with Gasteiger partial charge in [-0.1, -0.05) is 35.9 Å². The molecule has 9 heteroatoms. The zero-order valence-electron chi connectivity index (χ0n) is 17.2. The average Bonchev–Trinajstić information content (AvgIpc) is 3.17. The average molecular weight is 425 g/mol. The molecule has 1 unspecified atom stereocenters.